The van der Waals surface area contributed by atoms with Crippen molar-refractivity contribution in [3.8, 4) is 0 Å². The Morgan fingerprint density at radius 2 is 0.977 bits per heavy atom. The molecule has 1 unspecified atom stereocenters. The molecule has 0 fully saturated rings. The summed E-state index contributed by atoms with van der Waals surface area (Å²) in [5.74, 6) is -75.0. The van der Waals surface area contributed by atoms with Crippen LogP contribution in [0.4, 0.5) is 87.8 Å². The minimum Gasteiger partial charge on any atom is -0.375 e. The fourth-order valence-corrected chi connectivity index (χ4v) is 4.92. The molecule has 1 atom stereocenters. The summed E-state index contributed by atoms with van der Waals surface area (Å²) in [5.41, 5.74) is 0.822. The SMILES string of the molecule is CP(CCCOCC(F)(F)C(F)(F)C(F)(F)C(F)(F)C(F)(F)C(F)(F)C(F)(F)C(F)(F)C(F)(F)C(F)F)Cc1ccccc1. The van der Waals surface area contributed by atoms with Crippen LogP contribution in [0.25, 0.3) is 0 Å². The Morgan fingerprint density at radius 3 is 1.39 bits per heavy atom. The number of rotatable bonds is 17. The number of hydrogen-bond donors (Lipinski definition) is 0. The molecule has 0 heterocycles. The van der Waals surface area contributed by atoms with Crippen LogP contribution in [-0.4, -0.2) is 85.8 Å². The van der Waals surface area contributed by atoms with Gasteiger partial charge in [-0.05, 0) is 31.0 Å². The fourth-order valence-electron chi connectivity index (χ4n) is 3.26. The third-order valence-corrected chi connectivity index (χ3v) is 7.91. The maximum absolute atomic E-state index is 13.9. The summed E-state index contributed by atoms with van der Waals surface area (Å²) in [6.45, 7) is -2.27. The largest absolute Gasteiger partial charge is 0.385 e. The second kappa shape index (κ2) is 12.8. The first-order valence-electron chi connectivity index (χ1n) is 11.4. The lowest BCUT2D eigenvalue weighted by molar-refractivity contribution is -0.466. The van der Waals surface area contributed by atoms with Gasteiger partial charge in [-0.15, -0.1) is 7.92 Å². The summed E-state index contributed by atoms with van der Waals surface area (Å²) in [4.78, 5) is 0. The van der Waals surface area contributed by atoms with Gasteiger partial charge in [0.05, 0.1) is 0 Å². The minimum atomic E-state index is -9.01. The van der Waals surface area contributed by atoms with Crippen LogP contribution in [0, 0.1) is 0 Å². The van der Waals surface area contributed by atoms with E-state index < -0.39 is 80.9 Å². The summed E-state index contributed by atoms with van der Waals surface area (Å²) < 4.78 is 273. The van der Waals surface area contributed by atoms with Gasteiger partial charge in [-0.2, -0.15) is 79.0 Å². The van der Waals surface area contributed by atoms with Crippen LogP contribution in [0.5, 0.6) is 0 Å². The fraction of sp³-hybridized carbons (Fsp3) is 0.727. The van der Waals surface area contributed by atoms with Crippen LogP contribution in [-0.2, 0) is 10.9 Å². The number of hydrogen-bond acceptors (Lipinski definition) is 1. The molecule has 0 aliphatic heterocycles. The zero-order chi connectivity index (χ0) is 35.0. The standard InChI is InChI=1S/C22H19F20OP/c1-44(10-12-6-3-2-4-7-12)9-5-8-43-11-14(25,26)16(29,30)18(33,34)20(37,38)22(41,42)21(39,40)19(35,36)17(31,32)15(27,28)13(23)24/h2-4,6-7,13H,5,8-11H2,1H3. The van der Waals surface area contributed by atoms with Crippen LogP contribution in [0.15, 0.2) is 30.3 Å². The van der Waals surface area contributed by atoms with E-state index in [1.54, 1.807) is 37.0 Å². The summed E-state index contributed by atoms with van der Waals surface area (Å²) in [5, 5.41) is 0. The lowest BCUT2D eigenvalue weighted by Crippen LogP contribution is -2.76. The molecule has 0 saturated heterocycles. The topological polar surface area (TPSA) is 9.23 Å². The normalized spacial score (nSPS) is 16.0. The molecule has 0 aromatic heterocycles. The molecule has 0 aliphatic rings. The van der Waals surface area contributed by atoms with E-state index in [0.717, 1.165) is 5.56 Å². The van der Waals surface area contributed by atoms with Crippen molar-refractivity contribution in [1.82, 2.24) is 0 Å². The average Bonchev–Trinajstić information content (AvgIpc) is 2.87. The minimum absolute atomic E-state index is 0.158. The van der Waals surface area contributed by atoms with Gasteiger partial charge in [-0.3, -0.25) is 0 Å². The van der Waals surface area contributed by atoms with E-state index in [0.29, 0.717) is 6.16 Å². The monoisotopic (exact) mass is 710 g/mol. The second-order valence-corrected chi connectivity index (χ2v) is 11.8. The van der Waals surface area contributed by atoms with Crippen LogP contribution >= 0.6 is 7.92 Å². The number of alkyl halides is 20. The third kappa shape index (κ3) is 6.54. The van der Waals surface area contributed by atoms with Crippen molar-refractivity contribution >= 4 is 7.92 Å². The highest BCUT2D eigenvalue weighted by Gasteiger charge is 2.96. The van der Waals surface area contributed by atoms with Gasteiger partial charge < -0.3 is 4.74 Å². The van der Waals surface area contributed by atoms with Crippen molar-refractivity contribution in [2.24, 2.45) is 0 Å². The zero-order valence-corrected chi connectivity index (χ0v) is 22.3. The molecular weight excluding hydrogens is 691 g/mol. The Kier molecular flexibility index (Phi) is 11.7. The molecule has 22 heteroatoms. The molecule has 44 heavy (non-hydrogen) atoms. The van der Waals surface area contributed by atoms with Crippen molar-refractivity contribution in [3.05, 3.63) is 35.9 Å². The molecule has 1 nitrogen and oxygen atoms in total. The van der Waals surface area contributed by atoms with E-state index in [2.05, 4.69) is 4.74 Å². The summed E-state index contributed by atoms with van der Waals surface area (Å²) >= 11 is 0. The number of ether oxygens (including phenoxy) is 1. The molecule has 0 spiro atoms. The predicted molar refractivity (Wildman–Crippen MR) is 114 cm³/mol. The van der Waals surface area contributed by atoms with Crippen molar-refractivity contribution in [3.63, 3.8) is 0 Å². The highest BCUT2D eigenvalue weighted by molar-refractivity contribution is 7.56. The Hall–Kier alpha value is -1.79. The highest BCUT2D eigenvalue weighted by atomic mass is 31.1. The second-order valence-electron chi connectivity index (χ2n) is 9.28. The van der Waals surface area contributed by atoms with Gasteiger partial charge in [0.25, 0.3) is 0 Å². The van der Waals surface area contributed by atoms with Gasteiger partial charge in [-0.25, -0.2) is 8.78 Å². The predicted octanol–water partition coefficient (Wildman–Crippen LogP) is 9.69. The summed E-state index contributed by atoms with van der Waals surface area (Å²) in [6.07, 6.45) is -5.73. The molecular formula is C22H19F20OP. The van der Waals surface area contributed by atoms with Crippen molar-refractivity contribution in [2.75, 3.05) is 26.0 Å². The van der Waals surface area contributed by atoms with Crippen LogP contribution in [0.2, 0.25) is 0 Å². The molecule has 1 aromatic carbocycles. The van der Waals surface area contributed by atoms with E-state index in [9.17, 15) is 87.8 Å². The van der Waals surface area contributed by atoms with Gasteiger partial charge in [0, 0.05) is 6.61 Å². The van der Waals surface area contributed by atoms with Crippen molar-refractivity contribution in [2.45, 2.75) is 72.3 Å². The summed E-state index contributed by atoms with van der Waals surface area (Å²) in [7, 11) is -0.904. The Bertz CT molecular complexity index is 1070. The Balaban J connectivity index is 3.19. The molecule has 0 aliphatic carbocycles. The first kappa shape index (κ1) is 40.2. The first-order valence-corrected chi connectivity index (χ1v) is 13.6. The maximum Gasteiger partial charge on any atom is 0.385 e. The van der Waals surface area contributed by atoms with Gasteiger partial charge in [0.2, 0.25) is 0 Å². The zero-order valence-electron chi connectivity index (χ0n) is 21.4. The Morgan fingerprint density at radius 1 is 0.591 bits per heavy atom. The molecule has 1 aromatic rings. The number of halogens is 20. The molecule has 258 valence electrons. The molecule has 0 saturated carbocycles. The quantitative estimate of drug-likeness (QED) is 0.0890. The molecule has 1 rings (SSSR count). The van der Waals surface area contributed by atoms with E-state index in [1.807, 2.05) is 0 Å². The molecule has 0 bridgehead atoms. The average molecular weight is 710 g/mol. The van der Waals surface area contributed by atoms with Gasteiger partial charge in [0.15, 0.2) is 0 Å². The van der Waals surface area contributed by atoms with Crippen molar-refractivity contribution < 1.29 is 92.5 Å². The van der Waals surface area contributed by atoms with E-state index in [1.165, 1.54) is 0 Å². The molecule has 0 amide bonds. The lowest BCUT2D eigenvalue weighted by Gasteiger charge is -2.44. The van der Waals surface area contributed by atoms with Crippen LogP contribution in [0.1, 0.15) is 12.0 Å². The third-order valence-electron chi connectivity index (χ3n) is 5.93. The van der Waals surface area contributed by atoms with Gasteiger partial charge in [0.1, 0.15) is 6.61 Å². The van der Waals surface area contributed by atoms with E-state index in [-0.39, 0.29) is 12.6 Å². The first-order chi connectivity index (χ1) is 19.4. The van der Waals surface area contributed by atoms with Crippen molar-refractivity contribution in [1.29, 1.82) is 0 Å². The van der Waals surface area contributed by atoms with Crippen LogP contribution < -0.4 is 0 Å². The van der Waals surface area contributed by atoms with E-state index in [4.69, 9.17) is 0 Å². The van der Waals surface area contributed by atoms with Gasteiger partial charge in [-0.1, -0.05) is 30.3 Å². The summed E-state index contributed by atoms with van der Waals surface area (Å²) in [6, 6.07) is 8.44. The lowest BCUT2D eigenvalue weighted by atomic mass is 9.86. The van der Waals surface area contributed by atoms with Gasteiger partial charge >= 0.3 is 59.7 Å². The number of benzene rings is 1. The molecule has 0 radical (unpaired) electrons. The Labute approximate surface area is 235 Å². The van der Waals surface area contributed by atoms with E-state index >= 15 is 0 Å². The maximum atomic E-state index is 13.9. The highest BCUT2D eigenvalue weighted by Crippen LogP contribution is 2.65. The smallest absolute Gasteiger partial charge is 0.375 e. The molecule has 0 N–H and O–H groups in total. The van der Waals surface area contributed by atoms with Crippen LogP contribution in [0.3, 0.4) is 0 Å².